The number of rotatable bonds is 7. The highest BCUT2D eigenvalue weighted by molar-refractivity contribution is 5.87. The normalized spacial score (nSPS) is 17.4. The maximum absolute atomic E-state index is 10.7. The summed E-state index contributed by atoms with van der Waals surface area (Å²) >= 11 is 0. The fourth-order valence-electron chi connectivity index (χ4n) is 2.53. The van der Waals surface area contributed by atoms with Crippen LogP contribution in [0.15, 0.2) is 24.3 Å². The van der Waals surface area contributed by atoms with E-state index in [1.54, 1.807) is 24.3 Å². The van der Waals surface area contributed by atoms with Crippen molar-refractivity contribution in [3.8, 4) is 5.75 Å². The SMILES string of the molecule is CC(NCCOc1ccc(C(=O)O)cc1)C1CCOCC1. The van der Waals surface area contributed by atoms with Crippen LogP contribution in [-0.4, -0.2) is 43.5 Å². The van der Waals surface area contributed by atoms with Crippen LogP contribution in [0.1, 0.15) is 30.1 Å². The molecule has 1 saturated heterocycles. The third-order valence-electron chi connectivity index (χ3n) is 3.91. The van der Waals surface area contributed by atoms with Gasteiger partial charge in [-0.05, 0) is 49.9 Å². The third kappa shape index (κ3) is 5.02. The van der Waals surface area contributed by atoms with E-state index in [-0.39, 0.29) is 5.56 Å². The van der Waals surface area contributed by atoms with Gasteiger partial charge in [-0.15, -0.1) is 0 Å². The molecule has 0 amide bonds. The first-order valence-electron chi connectivity index (χ1n) is 7.44. The summed E-state index contributed by atoms with van der Waals surface area (Å²) < 4.78 is 11.0. The molecule has 0 aliphatic carbocycles. The molecule has 0 saturated carbocycles. The quantitative estimate of drug-likeness (QED) is 0.754. The summed E-state index contributed by atoms with van der Waals surface area (Å²) in [6, 6.07) is 6.94. The first-order valence-corrected chi connectivity index (χ1v) is 7.44. The second-order valence-corrected chi connectivity index (χ2v) is 5.37. The zero-order chi connectivity index (χ0) is 15.1. The van der Waals surface area contributed by atoms with E-state index in [2.05, 4.69) is 12.2 Å². The molecule has 2 rings (SSSR count). The molecular formula is C16H23NO4. The Hall–Kier alpha value is -1.59. The minimum atomic E-state index is -0.923. The van der Waals surface area contributed by atoms with Crippen molar-refractivity contribution in [3.63, 3.8) is 0 Å². The van der Waals surface area contributed by atoms with E-state index in [4.69, 9.17) is 14.6 Å². The molecule has 0 bridgehead atoms. The molecular weight excluding hydrogens is 270 g/mol. The van der Waals surface area contributed by atoms with Gasteiger partial charge < -0.3 is 19.9 Å². The molecule has 1 aromatic carbocycles. The van der Waals surface area contributed by atoms with Crippen LogP contribution >= 0.6 is 0 Å². The lowest BCUT2D eigenvalue weighted by molar-refractivity contribution is 0.0556. The van der Waals surface area contributed by atoms with Crippen molar-refractivity contribution in [1.82, 2.24) is 5.32 Å². The lowest BCUT2D eigenvalue weighted by Crippen LogP contribution is -2.38. The molecule has 0 aromatic heterocycles. The maximum atomic E-state index is 10.7. The molecule has 1 aliphatic heterocycles. The number of ether oxygens (including phenoxy) is 2. The number of carboxylic acid groups (broad SMARTS) is 1. The molecule has 1 atom stereocenters. The van der Waals surface area contributed by atoms with Crippen molar-refractivity contribution in [1.29, 1.82) is 0 Å². The van der Waals surface area contributed by atoms with E-state index in [9.17, 15) is 4.79 Å². The summed E-state index contributed by atoms with van der Waals surface area (Å²) in [4.78, 5) is 10.7. The van der Waals surface area contributed by atoms with Gasteiger partial charge in [0.15, 0.2) is 0 Å². The van der Waals surface area contributed by atoms with E-state index in [1.807, 2.05) is 0 Å². The van der Waals surface area contributed by atoms with Crippen LogP contribution in [0, 0.1) is 5.92 Å². The number of aromatic carboxylic acids is 1. The highest BCUT2D eigenvalue weighted by Gasteiger charge is 2.19. The Labute approximate surface area is 125 Å². The van der Waals surface area contributed by atoms with Crippen LogP contribution in [0.25, 0.3) is 0 Å². The Morgan fingerprint density at radius 1 is 1.38 bits per heavy atom. The molecule has 0 radical (unpaired) electrons. The van der Waals surface area contributed by atoms with E-state index in [0.29, 0.717) is 24.3 Å². The maximum Gasteiger partial charge on any atom is 0.335 e. The molecule has 5 nitrogen and oxygen atoms in total. The van der Waals surface area contributed by atoms with Crippen LogP contribution in [-0.2, 0) is 4.74 Å². The number of nitrogens with one attached hydrogen (secondary N) is 1. The Bertz CT molecular complexity index is 440. The molecule has 1 heterocycles. The minimum Gasteiger partial charge on any atom is -0.492 e. The number of carboxylic acids is 1. The van der Waals surface area contributed by atoms with E-state index >= 15 is 0 Å². The summed E-state index contributed by atoms with van der Waals surface area (Å²) in [6.07, 6.45) is 2.23. The highest BCUT2D eigenvalue weighted by Crippen LogP contribution is 2.18. The Kier molecular flexibility index (Phi) is 6.02. The standard InChI is InChI=1S/C16H23NO4/c1-12(13-6-9-20-10-7-13)17-8-11-21-15-4-2-14(3-5-15)16(18)19/h2-5,12-13,17H,6-11H2,1H3,(H,18,19). The summed E-state index contributed by atoms with van der Waals surface area (Å²) in [7, 11) is 0. The number of carbonyl (C=O) groups is 1. The summed E-state index contributed by atoms with van der Waals surface area (Å²) in [6.45, 7) is 5.28. The smallest absolute Gasteiger partial charge is 0.335 e. The van der Waals surface area contributed by atoms with Gasteiger partial charge in [0.25, 0.3) is 0 Å². The molecule has 1 unspecified atom stereocenters. The third-order valence-corrected chi connectivity index (χ3v) is 3.91. The zero-order valence-electron chi connectivity index (χ0n) is 12.4. The summed E-state index contributed by atoms with van der Waals surface area (Å²) in [5.41, 5.74) is 0.272. The van der Waals surface area contributed by atoms with Crippen LogP contribution in [0.4, 0.5) is 0 Å². The second-order valence-electron chi connectivity index (χ2n) is 5.37. The van der Waals surface area contributed by atoms with Crippen molar-refractivity contribution >= 4 is 5.97 Å². The minimum absolute atomic E-state index is 0.272. The van der Waals surface area contributed by atoms with Gasteiger partial charge in [0.2, 0.25) is 0 Å². The van der Waals surface area contributed by atoms with E-state index in [1.165, 1.54) is 0 Å². The van der Waals surface area contributed by atoms with E-state index < -0.39 is 5.97 Å². The number of hydrogen-bond donors (Lipinski definition) is 2. The van der Waals surface area contributed by atoms with Crippen LogP contribution in [0.5, 0.6) is 5.75 Å². The molecule has 21 heavy (non-hydrogen) atoms. The molecule has 0 spiro atoms. The predicted molar refractivity (Wildman–Crippen MR) is 79.9 cm³/mol. The molecule has 1 aromatic rings. The monoisotopic (exact) mass is 293 g/mol. The largest absolute Gasteiger partial charge is 0.492 e. The van der Waals surface area contributed by atoms with Crippen molar-refractivity contribution in [2.45, 2.75) is 25.8 Å². The topological polar surface area (TPSA) is 67.8 Å². The highest BCUT2D eigenvalue weighted by atomic mass is 16.5. The second kappa shape index (κ2) is 8.00. The van der Waals surface area contributed by atoms with Gasteiger partial charge in [0.05, 0.1) is 5.56 Å². The first kappa shape index (κ1) is 15.8. The summed E-state index contributed by atoms with van der Waals surface area (Å²) in [5.74, 6) is 0.447. The van der Waals surface area contributed by atoms with Crippen LogP contribution in [0.3, 0.4) is 0 Å². The van der Waals surface area contributed by atoms with Gasteiger partial charge in [-0.25, -0.2) is 4.79 Å². The van der Waals surface area contributed by atoms with Gasteiger partial charge in [0.1, 0.15) is 12.4 Å². The van der Waals surface area contributed by atoms with Crippen LogP contribution in [0.2, 0.25) is 0 Å². The lowest BCUT2D eigenvalue weighted by atomic mass is 9.93. The Morgan fingerprint density at radius 2 is 2.05 bits per heavy atom. The van der Waals surface area contributed by atoms with Crippen LogP contribution < -0.4 is 10.1 Å². The van der Waals surface area contributed by atoms with Gasteiger partial charge in [0, 0.05) is 25.8 Å². The molecule has 116 valence electrons. The van der Waals surface area contributed by atoms with Crippen molar-refractivity contribution < 1.29 is 19.4 Å². The van der Waals surface area contributed by atoms with E-state index in [0.717, 1.165) is 32.6 Å². The molecule has 2 N–H and O–H groups in total. The number of hydrogen-bond acceptors (Lipinski definition) is 4. The Morgan fingerprint density at radius 3 is 2.67 bits per heavy atom. The molecule has 1 aliphatic rings. The summed E-state index contributed by atoms with van der Waals surface area (Å²) in [5, 5.41) is 12.3. The fourth-order valence-corrected chi connectivity index (χ4v) is 2.53. The average molecular weight is 293 g/mol. The Balaban J connectivity index is 1.65. The van der Waals surface area contributed by atoms with Gasteiger partial charge in [-0.3, -0.25) is 0 Å². The first-order chi connectivity index (χ1) is 10.2. The average Bonchev–Trinajstić information content (AvgIpc) is 2.52. The molecule has 1 fully saturated rings. The molecule has 5 heteroatoms. The van der Waals surface area contributed by atoms with Crippen molar-refractivity contribution in [3.05, 3.63) is 29.8 Å². The van der Waals surface area contributed by atoms with Gasteiger partial charge in [-0.2, -0.15) is 0 Å². The number of benzene rings is 1. The fraction of sp³-hybridized carbons (Fsp3) is 0.562. The van der Waals surface area contributed by atoms with Crippen molar-refractivity contribution in [2.75, 3.05) is 26.4 Å². The predicted octanol–water partition coefficient (Wildman–Crippen LogP) is 2.17. The van der Waals surface area contributed by atoms with Gasteiger partial charge in [-0.1, -0.05) is 0 Å². The van der Waals surface area contributed by atoms with Crippen molar-refractivity contribution in [2.24, 2.45) is 5.92 Å². The van der Waals surface area contributed by atoms with Gasteiger partial charge >= 0.3 is 5.97 Å². The lowest BCUT2D eigenvalue weighted by Gasteiger charge is -2.28. The zero-order valence-corrected chi connectivity index (χ0v) is 12.4.